The number of ether oxygens (including phenoxy) is 2. The van der Waals surface area contributed by atoms with E-state index in [1.807, 2.05) is 24.3 Å². The van der Waals surface area contributed by atoms with E-state index < -0.39 is 5.97 Å². The van der Waals surface area contributed by atoms with Crippen molar-refractivity contribution < 1.29 is 24.0 Å². The molecule has 1 fully saturated rings. The first kappa shape index (κ1) is 25.0. The average Bonchev–Trinajstić information content (AvgIpc) is 3.19. The second kappa shape index (κ2) is 11.1. The van der Waals surface area contributed by atoms with Gasteiger partial charge in [0.1, 0.15) is 35.9 Å². The number of thiophene rings is 1. The number of benzene rings is 1. The number of nitrogens with zero attached hydrogens (tertiary/aromatic N) is 2. The summed E-state index contributed by atoms with van der Waals surface area (Å²) in [6, 6.07) is 7.64. The van der Waals surface area contributed by atoms with Gasteiger partial charge in [-0.3, -0.25) is 14.2 Å². The van der Waals surface area contributed by atoms with Gasteiger partial charge in [0, 0.05) is 5.69 Å². The number of fused-ring (bicyclic) bond motifs is 1. The number of hydrogen-bond donors (Lipinski definition) is 2. The Hall–Kier alpha value is -3.08. The molecule has 1 aliphatic heterocycles. The number of carbonyl (C=O) groups excluding carboxylic acids is 2. The van der Waals surface area contributed by atoms with Gasteiger partial charge in [-0.1, -0.05) is 19.1 Å². The quantitative estimate of drug-likeness (QED) is 0.456. The standard InChI is InChI=1S/C25H30N4O5S/c1-4-17-6-8-18(9-7-17)26-20(30)15-29-19(14-28-10-12-33-13-11-28)27-23-21(24(29)31)16(3)22(35-23)25(32)34-5-2/h6-9H,4-5,10-15H2,1-3H3,(H,26,30)/p+1. The Kier molecular flexibility index (Phi) is 7.94. The van der Waals surface area contributed by atoms with Crippen LogP contribution in [0.5, 0.6) is 0 Å². The van der Waals surface area contributed by atoms with E-state index in [2.05, 4.69) is 12.2 Å². The zero-order chi connectivity index (χ0) is 24.9. The molecule has 186 valence electrons. The van der Waals surface area contributed by atoms with Gasteiger partial charge in [0.15, 0.2) is 5.82 Å². The number of carbonyl (C=O) groups is 2. The zero-order valence-corrected chi connectivity index (χ0v) is 21.1. The third-order valence-corrected chi connectivity index (χ3v) is 7.31. The topological polar surface area (TPSA) is 104 Å². The largest absolute Gasteiger partial charge is 0.462 e. The molecule has 2 aromatic heterocycles. The molecule has 1 amide bonds. The number of esters is 1. The Morgan fingerprint density at radius 3 is 2.57 bits per heavy atom. The molecule has 1 aromatic carbocycles. The number of nitrogens with one attached hydrogen (secondary N) is 2. The monoisotopic (exact) mass is 499 g/mol. The highest BCUT2D eigenvalue weighted by molar-refractivity contribution is 7.20. The SMILES string of the molecule is CCOC(=O)c1sc2nc(C[NH+]3CCOCC3)n(CC(=O)Nc3ccc(CC)cc3)c(=O)c2c1C. The Balaban J connectivity index is 1.70. The first-order chi connectivity index (χ1) is 16.9. The van der Waals surface area contributed by atoms with Gasteiger partial charge < -0.3 is 19.7 Å². The summed E-state index contributed by atoms with van der Waals surface area (Å²) >= 11 is 1.16. The highest BCUT2D eigenvalue weighted by Gasteiger charge is 2.25. The fraction of sp³-hybridized carbons (Fsp3) is 0.440. The summed E-state index contributed by atoms with van der Waals surface area (Å²) in [6.45, 7) is 8.96. The van der Waals surface area contributed by atoms with E-state index in [1.54, 1.807) is 13.8 Å². The minimum atomic E-state index is -0.465. The fourth-order valence-electron chi connectivity index (χ4n) is 4.18. The molecular formula is C25H31N4O5S+. The number of amides is 1. The van der Waals surface area contributed by atoms with Gasteiger partial charge in [0.25, 0.3) is 5.56 Å². The summed E-state index contributed by atoms with van der Waals surface area (Å²) < 4.78 is 12.1. The molecule has 0 radical (unpaired) electrons. The summed E-state index contributed by atoms with van der Waals surface area (Å²) in [4.78, 5) is 45.9. The fourth-order valence-corrected chi connectivity index (χ4v) is 5.26. The van der Waals surface area contributed by atoms with E-state index in [0.29, 0.717) is 51.9 Å². The lowest BCUT2D eigenvalue weighted by atomic mass is 10.1. The zero-order valence-electron chi connectivity index (χ0n) is 20.3. The molecule has 0 atom stereocenters. The van der Waals surface area contributed by atoms with Crippen LogP contribution in [0.1, 0.15) is 40.5 Å². The average molecular weight is 500 g/mol. The van der Waals surface area contributed by atoms with Gasteiger partial charge in [-0.15, -0.1) is 11.3 Å². The van der Waals surface area contributed by atoms with Crippen LogP contribution in [0.3, 0.4) is 0 Å². The predicted octanol–water partition coefficient (Wildman–Crippen LogP) is 1.56. The Bertz CT molecular complexity index is 1280. The highest BCUT2D eigenvalue weighted by atomic mass is 32.1. The molecular weight excluding hydrogens is 468 g/mol. The van der Waals surface area contributed by atoms with Crippen molar-refractivity contribution in [2.45, 2.75) is 40.3 Å². The van der Waals surface area contributed by atoms with Crippen molar-refractivity contribution >= 4 is 39.1 Å². The molecule has 0 spiro atoms. The maximum absolute atomic E-state index is 13.6. The molecule has 2 N–H and O–H groups in total. The van der Waals surface area contributed by atoms with Gasteiger partial charge in [-0.25, -0.2) is 9.78 Å². The molecule has 4 rings (SSSR count). The van der Waals surface area contributed by atoms with E-state index in [4.69, 9.17) is 14.5 Å². The van der Waals surface area contributed by atoms with Gasteiger partial charge >= 0.3 is 5.97 Å². The molecule has 0 saturated carbocycles. The minimum absolute atomic E-state index is 0.166. The number of anilines is 1. The van der Waals surface area contributed by atoms with Gasteiger partial charge in [0.2, 0.25) is 5.91 Å². The number of morpholine rings is 1. The van der Waals surface area contributed by atoms with E-state index in [0.717, 1.165) is 30.8 Å². The maximum Gasteiger partial charge on any atom is 0.348 e. The minimum Gasteiger partial charge on any atom is -0.462 e. The lowest BCUT2D eigenvalue weighted by Crippen LogP contribution is -3.13. The van der Waals surface area contributed by atoms with Crippen molar-refractivity contribution in [3.05, 3.63) is 56.4 Å². The van der Waals surface area contributed by atoms with Gasteiger partial charge in [0.05, 0.1) is 25.2 Å². The van der Waals surface area contributed by atoms with Gasteiger partial charge in [-0.2, -0.15) is 0 Å². The van der Waals surface area contributed by atoms with Crippen molar-refractivity contribution in [2.24, 2.45) is 0 Å². The predicted molar refractivity (Wildman–Crippen MR) is 134 cm³/mol. The molecule has 10 heteroatoms. The van der Waals surface area contributed by atoms with Crippen molar-refractivity contribution in [1.29, 1.82) is 0 Å². The van der Waals surface area contributed by atoms with E-state index in [-0.39, 0.29) is 24.6 Å². The smallest absolute Gasteiger partial charge is 0.348 e. The van der Waals surface area contributed by atoms with Crippen LogP contribution >= 0.6 is 11.3 Å². The summed E-state index contributed by atoms with van der Waals surface area (Å²) in [7, 11) is 0. The van der Waals surface area contributed by atoms with E-state index >= 15 is 0 Å². The molecule has 35 heavy (non-hydrogen) atoms. The lowest BCUT2D eigenvalue weighted by molar-refractivity contribution is -0.922. The van der Waals surface area contributed by atoms with Crippen LogP contribution in [0.2, 0.25) is 0 Å². The second-order valence-corrected chi connectivity index (χ2v) is 9.51. The van der Waals surface area contributed by atoms with Crippen LogP contribution in [0.25, 0.3) is 10.2 Å². The number of aromatic nitrogens is 2. The summed E-state index contributed by atoms with van der Waals surface area (Å²) in [5.74, 6) is -0.255. The van der Waals surface area contributed by atoms with Crippen LogP contribution in [0, 0.1) is 6.92 Å². The van der Waals surface area contributed by atoms with Crippen LogP contribution < -0.4 is 15.8 Å². The number of quaternary nitrogens is 1. The maximum atomic E-state index is 13.6. The lowest BCUT2D eigenvalue weighted by Gasteiger charge is -2.24. The van der Waals surface area contributed by atoms with E-state index in [1.165, 1.54) is 15.0 Å². The van der Waals surface area contributed by atoms with Gasteiger partial charge in [-0.05, 0) is 43.5 Å². The van der Waals surface area contributed by atoms with Crippen molar-refractivity contribution in [2.75, 3.05) is 38.2 Å². The van der Waals surface area contributed by atoms with Crippen LogP contribution in [-0.2, 0) is 33.8 Å². The first-order valence-corrected chi connectivity index (χ1v) is 12.7. The number of rotatable bonds is 8. The third kappa shape index (κ3) is 5.61. The molecule has 1 saturated heterocycles. The second-order valence-electron chi connectivity index (χ2n) is 8.51. The Morgan fingerprint density at radius 2 is 1.91 bits per heavy atom. The summed E-state index contributed by atoms with van der Waals surface area (Å²) in [5, 5.41) is 3.24. The molecule has 0 bridgehead atoms. The highest BCUT2D eigenvalue weighted by Crippen LogP contribution is 2.28. The Morgan fingerprint density at radius 1 is 1.20 bits per heavy atom. The number of hydrogen-bond acceptors (Lipinski definition) is 7. The molecule has 0 unspecified atom stereocenters. The summed E-state index contributed by atoms with van der Waals surface area (Å²) in [5.41, 5.74) is 2.06. The molecule has 1 aliphatic rings. The molecule has 3 aromatic rings. The van der Waals surface area contributed by atoms with Crippen LogP contribution in [-0.4, -0.2) is 54.3 Å². The Labute approximate surface area is 207 Å². The molecule has 9 nitrogen and oxygen atoms in total. The van der Waals surface area contributed by atoms with E-state index in [9.17, 15) is 14.4 Å². The third-order valence-electron chi connectivity index (χ3n) is 6.15. The first-order valence-electron chi connectivity index (χ1n) is 11.9. The van der Waals surface area contributed by atoms with Crippen molar-refractivity contribution in [1.82, 2.24) is 9.55 Å². The summed E-state index contributed by atoms with van der Waals surface area (Å²) in [6.07, 6.45) is 0.913. The van der Waals surface area contributed by atoms with Crippen LogP contribution in [0.15, 0.2) is 29.1 Å². The van der Waals surface area contributed by atoms with Crippen molar-refractivity contribution in [3.8, 4) is 0 Å². The molecule has 3 heterocycles. The molecule has 0 aliphatic carbocycles. The van der Waals surface area contributed by atoms with Crippen molar-refractivity contribution in [3.63, 3.8) is 0 Å². The normalized spacial score (nSPS) is 14.3. The number of aryl methyl sites for hydroxylation is 2. The van der Waals surface area contributed by atoms with Crippen LogP contribution in [0.4, 0.5) is 5.69 Å².